The minimum atomic E-state index is -0.0869. The number of rotatable bonds is 0. The Bertz CT molecular complexity index is 698. The molecule has 0 bridgehead atoms. The summed E-state index contributed by atoms with van der Waals surface area (Å²) in [6.45, 7) is 1.81. The quantitative estimate of drug-likeness (QED) is 0.479. The number of benzene rings is 1. The molecule has 1 heterocycles. The van der Waals surface area contributed by atoms with Crippen molar-refractivity contribution >= 4 is 11.5 Å². The molecule has 0 aliphatic heterocycles. The van der Waals surface area contributed by atoms with E-state index in [-0.39, 0.29) is 5.78 Å². The van der Waals surface area contributed by atoms with Gasteiger partial charge in [-0.25, -0.2) is 4.98 Å². The minimum Gasteiger partial charge on any atom is -0.410 e. The average Bonchev–Trinajstić information content (AvgIpc) is 2.67. The van der Waals surface area contributed by atoms with Gasteiger partial charge in [0.2, 0.25) is 5.78 Å². The summed E-state index contributed by atoms with van der Waals surface area (Å²) in [7, 11) is 1.78. The molecule has 0 saturated heterocycles. The number of oxime groups is 1. The molecule has 0 fully saturated rings. The molecule has 90 valence electrons. The van der Waals surface area contributed by atoms with E-state index in [2.05, 4.69) is 10.1 Å². The number of fused-ring (bicyclic) bond motifs is 2. The fourth-order valence-electron chi connectivity index (χ4n) is 2.28. The summed E-state index contributed by atoms with van der Waals surface area (Å²) in [5.41, 5.74) is 2.43. The van der Waals surface area contributed by atoms with Gasteiger partial charge in [-0.2, -0.15) is 0 Å². The summed E-state index contributed by atoms with van der Waals surface area (Å²) in [4.78, 5) is 16.7. The largest absolute Gasteiger partial charge is 0.410 e. The van der Waals surface area contributed by atoms with Gasteiger partial charge in [-0.3, -0.25) is 4.79 Å². The van der Waals surface area contributed by atoms with E-state index < -0.39 is 0 Å². The van der Waals surface area contributed by atoms with Crippen molar-refractivity contribution in [3.63, 3.8) is 0 Å². The maximum atomic E-state index is 12.4. The average molecular weight is 241 g/mol. The van der Waals surface area contributed by atoms with Crippen LogP contribution in [0.5, 0.6) is 0 Å². The van der Waals surface area contributed by atoms with E-state index in [1.54, 1.807) is 35.9 Å². The van der Waals surface area contributed by atoms with Crippen LogP contribution in [0.25, 0.3) is 0 Å². The van der Waals surface area contributed by atoms with Crippen molar-refractivity contribution in [2.24, 2.45) is 12.2 Å². The number of hydrogen-bond acceptors (Lipinski definition) is 4. The van der Waals surface area contributed by atoms with Crippen molar-refractivity contribution in [3.8, 4) is 0 Å². The van der Waals surface area contributed by atoms with Gasteiger partial charge in [-0.15, -0.1) is 0 Å². The van der Waals surface area contributed by atoms with Crippen LogP contribution >= 0.6 is 0 Å². The molecule has 5 nitrogen and oxygen atoms in total. The normalized spacial score (nSPS) is 15.7. The molecule has 0 amide bonds. The molecule has 1 aromatic heterocycles. The lowest BCUT2D eigenvalue weighted by Gasteiger charge is -2.16. The van der Waals surface area contributed by atoms with Crippen molar-refractivity contribution in [1.29, 1.82) is 0 Å². The Kier molecular flexibility index (Phi) is 2.10. The highest BCUT2D eigenvalue weighted by molar-refractivity contribution is 6.28. The topological polar surface area (TPSA) is 67.5 Å². The van der Waals surface area contributed by atoms with Gasteiger partial charge in [-0.05, 0) is 6.92 Å². The summed E-state index contributed by atoms with van der Waals surface area (Å²) >= 11 is 0. The molecule has 0 unspecified atom stereocenters. The second-order valence-corrected chi connectivity index (χ2v) is 4.24. The van der Waals surface area contributed by atoms with Crippen LogP contribution in [0.3, 0.4) is 0 Å². The summed E-state index contributed by atoms with van der Waals surface area (Å²) in [6, 6.07) is 7.08. The molecule has 0 radical (unpaired) electrons. The molecular weight excluding hydrogens is 230 g/mol. The Labute approximate surface area is 103 Å². The zero-order valence-corrected chi connectivity index (χ0v) is 10.0. The Morgan fingerprint density at radius 3 is 2.61 bits per heavy atom. The molecule has 1 aromatic carbocycles. The Morgan fingerprint density at radius 2 is 1.94 bits per heavy atom. The monoisotopic (exact) mass is 241 g/mol. The van der Waals surface area contributed by atoms with E-state index in [4.69, 9.17) is 0 Å². The number of carbonyl (C=O) groups is 1. The first-order chi connectivity index (χ1) is 8.65. The number of aryl methyl sites for hydroxylation is 1. The first-order valence-electron chi connectivity index (χ1n) is 5.55. The standard InChI is InChI=1S/C13H11N3O2/c1-7-14-11-10(15-18)8-5-3-4-6-9(8)13(17)12(11)16(7)2/h3-6,18H,1-2H3. The zero-order chi connectivity index (χ0) is 12.9. The first-order valence-corrected chi connectivity index (χ1v) is 5.55. The third kappa shape index (κ3) is 1.18. The summed E-state index contributed by atoms with van der Waals surface area (Å²) in [5.74, 6) is 0.624. The molecule has 1 N–H and O–H groups in total. The fraction of sp³-hybridized carbons (Fsp3) is 0.154. The van der Waals surface area contributed by atoms with Gasteiger partial charge in [0.1, 0.15) is 22.9 Å². The van der Waals surface area contributed by atoms with E-state index in [0.29, 0.717) is 34.1 Å². The SMILES string of the molecule is Cc1nc2c(n1C)C(=O)c1ccccc1C2=NO. The number of hydrogen-bond donors (Lipinski definition) is 1. The third-order valence-corrected chi connectivity index (χ3v) is 3.28. The smallest absolute Gasteiger partial charge is 0.212 e. The Hall–Kier alpha value is -2.43. The predicted octanol–water partition coefficient (Wildman–Crippen LogP) is 1.50. The molecule has 18 heavy (non-hydrogen) atoms. The number of aromatic nitrogens is 2. The van der Waals surface area contributed by atoms with Gasteiger partial charge in [0.05, 0.1) is 0 Å². The maximum absolute atomic E-state index is 12.4. The van der Waals surface area contributed by atoms with Gasteiger partial charge in [-0.1, -0.05) is 29.4 Å². The number of imidazole rings is 1. The van der Waals surface area contributed by atoms with Gasteiger partial charge in [0.25, 0.3) is 0 Å². The van der Waals surface area contributed by atoms with Crippen molar-refractivity contribution in [1.82, 2.24) is 9.55 Å². The highest BCUT2D eigenvalue weighted by Crippen LogP contribution is 2.27. The predicted molar refractivity (Wildman–Crippen MR) is 65.2 cm³/mol. The molecule has 3 rings (SSSR count). The summed E-state index contributed by atoms with van der Waals surface area (Å²) in [5, 5.41) is 12.5. The van der Waals surface area contributed by atoms with E-state index in [1.807, 2.05) is 6.92 Å². The highest BCUT2D eigenvalue weighted by Gasteiger charge is 2.33. The molecule has 0 spiro atoms. The minimum absolute atomic E-state index is 0.0869. The van der Waals surface area contributed by atoms with Gasteiger partial charge in [0.15, 0.2) is 0 Å². The van der Waals surface area contributed by atoms with Gasteiger partial charge < -0.3 is 9.77 Å². The van der Waals surface area contributed by atoms with Crippen LogP contribution in [0.2, 0.25) is 0 Å². The lowest BCUT2D eigenvalue weighted by molar-refractivity contribution is 0.102. The van der Waals surface area contributed by atoms with Crippen LogP contribution in [0.1, 0.15) is 33.1 Å². The van der Waals surface area contributed by atoms with Crippen LogP contribution in [-0.2, 0) is 7.05 Å². The second-order valence-electron chi connectivity index (χ2n) is 4.24. The van der Waals surface area contributed by atoms with Crippen LogP contribution in [0.4, 0.5) is 0 Å². The lowest BCUT2D eigenvalue weighted by Crippen LogP contribution is -2.23. The number of ketones is 1. The van der Waals surface area contributed by atoms with E-state index >= 15 is 0 Å². The third-order valence-electron chi connectivity index (χ3n) is 3.28. The van der Waals surface area contributed by atoms with Crippen molar-refractivity contribution in [2.75, 3.05) is 0 Å². The van der Waals surface area contributed by atoms with Crippen LogP contribution < -0.4 is 0 Å². The van der Waals surface area contributed by atoms with E-state index in [9.17, 15) is 10.0 Å². The molecule has 2 aromatic rings. The molecule has 0 saturated carbocycles. The molecular formula is C13H11N3O2. The maximum Gasteiger partial charge on any atom is 0.212 e. The van der Waals surface area contributed by atoms with Crippen molar-refractivity contribution in [3.05, 3.63) is 52.6 Å². The molecule has 0 atom stereocenters. The molecule has 1 aliphatic rings. The van der Waals surface area contributed by atoms with Gasteiger partial charge >= 0.3 is 0 Å². The lowest BCUT2D eigenvalue weighted by atomic mass is 9.89. The highest BCUT2D eigenvalue weighted by atomic mass is 16.4. The van der Waals surface area contributed by atoms with E-state index in [0.717, 1.165) is 0 Å². The molecule has 5 heteroatoms. The summed E-state index contributed by atoms with van der Waals surface area (Å²) in [6.07, 6.45) is 0. The second kappa shape index (κ2) is 3.53. The van der Waals surface area contributed by atoms with Crippen LogP contribution in [0, 0.1) is 6.92 Å². The zero-order valence-electron chi connectivity index (χ0n) is 10.0. The number of carbonyl (C=O) groups excluding carboxylic acids is 1. The Morgan fingerprint density at radius 1 is 1.28 bits per heavy atom. The summed E-state index contributed by atoms with van der Waals surface area (Å²) < 4.78 is 1.72. The van der Waals surface area contributed by atoms with E-state index in [1.165, 1.54) is 0 Å². The number of nitrogens with zero attached hydrogens (tertiary/aromatic N) is 3. The first kappa shape index (κ1) is 10.7. The van der Waals surface area contributed by atoms with Crippen LogP contribution in [0.15, 0.2) is 29.4 Å². The van der Waals surface area contributed by atoms with Crippen molar-refractivity contribution in [2.45, 2.75) is 6.92 Å². The van der Waals surface area contributed by atoms with Crippen molar-refractivity contribution < 1.29 is 10.0 Å². The fourth-order valence-corrected chi connectivity index (χ4v) is 2.28. The van der Waals surface area contributed by atoms with Crippen LogP contribution in [-0.4, -0.2) is 26.3 Å². The van der Waals surface area contributed by atoms with Gasteiger partial charge in [0, 0.05) is 18.2 Å². The Balaban J connectivity index is 2.40. The molecule has 1 aliphatic carbocycles.